The van der Waals surface area contributed by atoms with Crippen LogP contribution < -0.4 is 10.0 Å². The molecule has 39 heavy (non-hydrogen) atoms. The van der Waals surface area contributed by atoms with Gasteiger partial charge in [-0.25, -0.2) is 13.1 Å². The summed E-state index contributed by atoms with van der Waals surface area (Å²) < 4.78 is 28.6. The van der Waals surface area contributed by atoms with Crippen molar-refractivity contribution in [2.45, 2.75) is 30.2 Å². The Kier molecular flexibility index (Phi) is 9.34. The normalized spacial score (nSPS) is 13.7. The first-order valence-electron chi connectivity index (χ1n) is 13.2. The topological polar surface area (TPSA) is 108 Å². The summed E-state index contributed by atoms with van der Waals surface area (Å²) in [4.78, 5) is 15.6. The Labute approximate surface area is 231 Å². The number of hydrogen-bond acceptors (Lipinski definition) is 7. The fourth-order valence-corrected chi connectivity index (χ4v) is 6.05. The van der Waals surface area contributed by atoms with Gasteiger partial charge in [0, 0.05) is 19.2 Å². The monoisotopic (exact) mass is 551 g/mol. The molecular weight excluding hydrogens is 514 g/mol. The van der Waals surface area contributed by atoms with Gasteiger partial charge >= 0.3 is 0 Å². The molecule has 0 saturated carbocycles. The lowest BCUT2D eigenvalue weighted by Gasteiger charge is -2.23. The maximum Gasteiger partial charge on any atom is 0.293 e. The van der Waals surface area contributed by atoms with Gasteiger partial charge in [-0.15, -0.1) is 0 Å². The second kappa shape index (κ2) is 12.7. The molecule has 0 aromatic heterocycles. The zero-order valence-electron chi connectivity index (χ0n) is 22.8. The number of nitro benzene ring substituents is 1. The van der Waals surface area contributed by atoms with Crippen LogP contribution in [0.4, 0.5) is 11.4 Å². The number of nitrogens with one attached hydrogen (secondary N) is 2. The van der Waals surface area contributed by atoms with Crippen LogP contribution in [0.3, 0.4) is 0 Å². The summed E-state index contributed by atoms with van der Waals surface area (Å²) in [7, 11) is 2.06. The minimum atomic E-state index is -3.92. The lowest BCUT2D eigenvalue weighted by atomic mass is 9.94. The fraction of sp³-hybridized carbons (Fsp3) is 0.379. The maximum atomic E-state index is 13.0. The molecule has 0 heterocycles. The lowest BCUT2D eigenvalue weighted by molar-refractivity contribution is -0.384. The fourth-order valence-electron chi connectivity index (χ4n) is 5.01. The van der Waals surface area contributed by atoms with Crippen molar-refractivity contribution in [3.05, 3.63) is 99.1 Å². The Morgan fingerprint density at radius 1 is 0.897 bits per heavy atom. The number of nitro groups is 1. The van der Waals surface area contributed by atoms with E-state index in [0.29, 0.717) is 6.54 Å². The molecule has 0 amide bonds. The van der Waals surface area contributed by atoms with Crippen LogP contribution in [0.1, 0.15) is 34.7 Å². The van der Waals surface area contributed by atoms with Gasteiger partial charge in [-0.2, -0.15) is 0 Å². The molecule has 0 bridgehead atoms. The van der Waals surface area contributed by atoms with Crippen molar-refractivity contribution >= 4 is 21.4 Å². The summed E-state index contributed by atoms with van der Waals surface area (Å²) in [5.41, 5.74) is 4.48. The number of fused-ring (bicyclic) bond motifs is 2. The van der Waals surface area contributed by atoms with Gasteiger partial charge < -0.3 is 15.1 Å². The largest absolute Gasteiger partial charge is 0.369 e. The van der Waals surface area contributed by atoms with Crippen molar-refractivity contribution in [3.63, 3.8) is 0 Å². The SMILES string of the molecule is CN(C)CCCN(C)CCNS(=O)(=O)c1ccc(NC2c3ccccc3CCc3ccccc32)c([N+](=O)[O-])c1. The van der Waals surface area contributed by atoms with Crippen LogP contribution in [-0.2, 0) is 22.9 Å². The second-order valence-electron chi connectivity index (χ2n) is 10.3. The summed E-state index contributed by atoms with van der Waals surface area (Å²) in [5, 5.41) is 15.5. The number of hydrogen-bond donors (Lipinski definition) is 2. The minimum absolute atomic E-state index is 0.128. The van der Waals surface area contributed by atoms with E-state index >= 15 is 0 Å². The molecule has 0 fully saturated rings. The van der Waals surface area contributed by atoms with Gasteiger partial charge in [0.1, 0.15) is 5.69 Å². The predicted molar refractivity (Wildman–Crippen MR) is 155 cm³/mol. The highest BCUT2D eigenvalue weighted by molar-refractivity contribution is 7.89. The van der Waals surface area contributed by atoms with Gasteiger partial charge in [0.15, 0.2) is 0 Å². The van der Waals surface area contributed by atoms with E-state index in [1.807, 2.05) is 57.5 Å². The Morgan fingerprint density at radius 3 is 2.10 bits per heavy atom. The quantitative estimate of drug-likeness (QED) is 0.258. The summed E-state index contributed by atoms with van der Waals surface area (Å²) in [6.45, 7) is 2.55. The number of rotatable bonds is 12. The molecule has 208 valence electrons. The van der Waals surface area contributed by atoms with Crippen LogP contribution in [-0.4, -0.2) is 70.5 Å². The number of aryl methyl sites for hydroxylation is 2. The van der Waals surface area contributed by atoms with Gasteiger partial charge in [0.25, 0.3) is 5.69 Å². The van der Waals surface area contributed by atoms with Gasteiger partial charge in [-0.1, -0.05) is 48.5 Å². The molecule has 2 N–H and O–H groups in total. The number of sulfonamides is 1. The summed E-state index contributed by atoms with van der Waals surface area (Å²) in [5.74, 6) is 0. The summed E-state index contributed by atoms with van der Waals surface area (Å²) in [6, 6.07) is 20.0. The van der Waals surface area contributed by atoms with E-state index in [2.05, 4.69) is 32.0 Å². The van der Waals surface area contributed by atoms with Crippen molar-refractivity contribution < 1.29 is 13.3 Å². The summed E-state index contributed by atoms with van der Waals surface area (Å²) in [6.07, 6.45) is 2.73. The zero-order chi connectivity index (χ0) is 28.0. The third kappa shape index (κ3) is 7.21. The molecule has 0 unspecified atom stereocenters. The predicted octanol–water partition coefficient (Wildman–Crippen LogP) is 4.06. The number of nitrogens with zero attached hydrogens (tertiary/aromatic N) is 3. The smallest absolute Gasteiger partial charge is 0.293 e. The molecule has 0 atom stereocenters. The Bertz CT molecular complexity index is 1360. The number of likely N-dealkylation sites (N-methyl/N-ethyl adjacent to an activating group) is 1. The van der Waals surface area contributed by atoms with Gasteiger partial charge in [-0.3, -0.25) is 10.1 Å². The van der Waals surface area contributed by atoms with E-state index in [9.17, 15) is 18.5 Å². The van der Waals surface area contributed by atoms with E-state index < -0.39 is 14.9 Å². The van der Waals surface area contributed by atoms with Crippen LogP contribution in [0, 0.1) is 10.1 Å². The van der Waals surface area contributed by atoms with E-state index in [1.165, 1.54) is 23.3 Å². The molecule has 1 aliphatic rings. The van der Waals surface area contributed by atoms with Crippen molar-refractivity contribution in [3.8, 4) is 0 Å². The van der Waals surface area contributed by atoms with E-state index in [4.69, 9.17) is 0 Å². The van der Waals surface area contributed by atoms with Crippen molar-refractivity contribution in [2.24, 2.45) is 0 Å². The van der Waals surface area contributed by atoms with E-state index in [-0.39, 0.29) is 28.9 Å². The number of benzene rings is 3. The third-order valence-electron chi connectivity index (χ3n) is 7.10. The first-order valence-corrected chi connectivity index (χ1v) is 14.7. The highest BCUT2D eigenvalue weighted by Gasteiger charge is 2.27. The lowest BCUT2D eigenvalue weighted by Crippen LogP contribution is -2.34. The highest BCUT2D eigenvalue weighted by Crippen LogP contribution is 2.38. The Morgan fingerprint density at radius 2 is 1.51 bits per heavy atom. The Hall–Kier alpha value is -3.31. The summed E-state index contributed by atoms with van der Waals surface area (Å²) >= 11 is 0. The first kappa shape index (κ1) is 28.7. The minimum Gasteiger partial charge on any atom is -0.369 e. The first-order chi connectivity index (χ1) is 18.7. The molecule has 1 aliphatic carbocycles. The van der Waals surface area contributed by atoms with E-state index in [1.54, 1.807) is 0 Å². The van der Waals surface area contributed by atoms with E-state index in [0.717, 1.165) is 49.5 Å². The molecule has 0 radical (unpaired) electrons. The van der Waals surface area contributed by atoms with Crippen LogP contribution in [0.25, 0.3) is 0 Å². The van der Waals surface area contributed by atoms with Crippen molar-refractivity contribution in [1.82, 2.24) is 14.5 Å². The molecule has 0 saturated heterocycles. The molecule has 3 aromatic carbocycles. The second-order valence-corrected chi connectivity index (χ2v) is 12.0. The average Bonchev–Trinajstić information content (AvgIpc) is 3.05. The molecule has 3 aromatic rings. The van der Waals surface area contributed by atoms with Crippen LogP contribution in [0.5, 0.6) is 0 Å². The van der Waals surface area contributed by atoms with Crippen molar-refractivity contribution in [2.75, 3.05) is 52.6 Å². The van der Waals surface area contributed by atoms with Crippen LogP contribution in [0.15, 0.2) is 71.6 Å². The third-order valence-corrected chi connectivity index (χ3v) is 8.56. The molecule has 10 heteroatoms. The maximum absolute atomic E-state index is 13.0. The molecule has 9 nitrogen and oxygen atoms in total. The van der Waals surface area contributed by atoms with Gasteiger partial charge in [0.05, 0.1) is 15.9 Å². The molecule has 0 spiro atoms. The highest BCUT2D eigenvalue weighted by atomic mass is 32.2. The molecular formula is C29H37N5O4S. The number of anilines is 1. The van der Waals surface area contributed by atoms with Gasteiger partial charge in [0.2, 0.25) is 10.0 Å². The Balaban J connectivity index is 1.54. The zero-order valence-corrected chi connectivity index (χ0v) is 23.6. The molecule has 4 rings (SSSR count). The van der Waals surface area contributed by atoms with Gasteiger partial charge in [-0.05, 0) is 87.9 Å². The van der Waals surface area contributed by atoms with Crippen molar-refractivity contribution in [1.29, 1.82) is 0 Å². The molecule has 0 aliphatic heterocycles. The average molecular weight is 552 g/mol. The van der Waals surface area contributed by atoms with Crippen LogP contribution >= 0.6 is 0 Å². The van der Waals surface area contributed by atoms with Crippen LogP contribution in [0.2, 0.25) is 0 Å². The standard InChI is InChI=1S/C29H37N5O4S/c1-32(2)18-8-19-33(3)20-17-30-39(37,38)24-15-16-27(28(21-24)34(35)36)31-29-25-11-6-4-9-22(25)13-14-23-10-5-7-12-26(23)29/h4-7,9-12,15-16,21,29-31H,8,13-14,17-20H2,1-3H3.